The van der Waals surface area contributed by atoms with E-state index in [-0.39, 0.29) is 0 Å². The van der Waals surface area contributed by atoms with E-state index in [1.165, 1.54) is 5.56 Å². The summed E-state index contributed by atoms with van der Waals surface area (Å²) in [7, 11) is 2.17. The van der Waals surface area contributed by atoms with Crippen LogP contribution in [0.15, 0.2) is 30.3 Å². The molecule has 1 aromatic carbocycles. The smallest absolute Gasteiger partial charge is 0.224 e. The van der Waals surface area contributed by atoms with Crippen LogP contribution >= 0.6 is 0 Å². The van der Waals surface area contributed by atoms with Crippen molar-refractivity contribution in [2.45, 2.75) is 19.0 Å². The van der Waals surface area contributed by atoms with Crippen molar-refractivity contribution in [3.8, 4) is 0 Å². The molecule has 1 atom stereocenters. The summed E-state index contributed by atoms with van der Waals surface area (Å²) in [6.07, 6.45) is 0.691. The minimum Gasteiger partial charge on any atom is -0.337 e. The molecule has 108 valence electrons. The molecule has 1 aromatic rings. The second-order valence-electron chi connectivity index (χ2n) is 5.96. The van der Waals surface area contributed by atoms with E-state index < -0.39 is 0 Å². The number of likely N-dealkylation sites (N-methyl/N-ethyl adjacent to an activating group) is 1. The summed E-state index contributed by atoms with van der Waals surface area (Å²) in [5.41, 5.74) is 1.22. The summed E-state index contributed by atoms with van der Waals surface area (Å²) in [5.74, 6) is 0.304. The summed E-state index contributed by atoms with van der Waals surface area (Å²) in [4.78, 5) is 19.0. The van der Waals surface area contributed by atoms with Gasteiger partial charge in [-0.25, -0.2) is 0 Å². The van der Waals surface area contributed by atoms with Crippen LogP contribution in [0.4, 0.5) is 0 Å². The van der Waals surface area contributed by atoms with E-state index in [1.54, 1.807) is 0 Å². The first-order chi connectivity index (χ1) is 9.72. The van der Waals surface area contributed by atoms with Crippen LogP contribution in [0.1, 0.15) is 12.0 Å². The highest BCUT2D eigenvalue weighted by Gasteiger charge is 2.34. The van der Waals surface area contributed by atoms with Crippen molar-refractivity contribution in [3.05, 3.63) is 35.9 Å². The fraction of sp³-hybridized carbons (Fsp3) is 0.562. The number of benzene rings is 1. The van der Waals surface area contributed by atoms with Crippen molar-refractivity contribution in [2.75, 3.05) is 39.8 Å². The van der Waals surface area contributed by atoms with Crippen LogP contribution in [0.2, 0.25) is 0 Å². The van der Waals surface area contributed by atoms with Gasteiger partial charge in [-0.3, -0.25) is 9.69 Å². The van der Waals surface area contributed by atoms with Crippen LogP contribution in [-0.2, 0) is 11.3 Å². The van der Waals surface area contributed by atoms with Gasteiger partial charge in [0.05, 0.1) is 0 Å². The van der Waals surface area contributed by atoms with E-state index in [1.807, 2.05) is 23.1 Å². The average Bonchev–Trinajstić information content (AvgIpc) is 2.82. The second-order valence-corrected chi connectivity index (χ2v) is 5.96. The van der Waals surface area contributed by atoms with Crippen LogP contribution in [0.3, 0.4) is 0 Å². The van der Waals surface area contributed by atoms with Crippen molar-refractivity contribution >= 4 is 5.91 Å². The Kier molecular flexibility index (Phi) is 4.03. The standard InChI is InChI=1S/C16H23N3O/c1-17-7-9-18(10-8-17)15-11-16(20)19(13-15)12-14-5-3-2-4-6-14/h2-6,15H,7-13H2,1H3. The topological polar surface area (TPSA) is 26.8 Å². The molecular formula is C16H23N3O. The Balaban J connectivity index is 1.58. The predicted octanol–water partition coefficient (Wildman–Crippen LogP) is 1.03. The van der Waals surface area contributed by atoms with Gasteiger partial charge in [-0.15, -0.1) is 0 Å². The molecule has 4 heteroatoms. The van der Waals surface area contributed by atoms with Gasteiger partial charge in [0.25, 0.3) is 0 Å². The Morgan fingerprint density at radius 2 is 1.80 bits per heavy atom. The number of hydrogen-bond donors (Lipinski definition) is 0. The Bertz CT molecular complexity index is 454. The number of hydrogen-bond acceptors (Lipinski definition) is 3. The molecule has 2 fully saturated rings. The molecule has 3 rings (SSSR count). The molecule has 0 bridgehead atoms. The van der Waals surface area contributed by atoms with Crippen LogP contribution in [0.25, 0.3) is 0 Å². The van der Waals surface area contributed by atoms with Gasteiger partial charge in [-0.2, -0.15) is 0 Å². The van der Waals surface area contributed by atoms with E-state index in [0.717, 1.165) is 39.3 Å². The lowest BCUT2D eigenvalue weighted by Gasteiger charge is -2.36. The minimum absolute atomic E-state index is 0.304. The molecule has 0 spiro atoms. The number of amides is 1. The fourth-order valence-corrected chi connectivity index (χ4v) is 3.14. The van der Waals surface area contributed by atoms with Crippen LogP contribution in [0, 0.1) is 0 Å². The number of rotatable bonds is 3. The molecule has 2 aliphatic heterocycles. The number of likely N-dealkylation sites (tertiary alicyclic amines) is 1. The quantitative estimate of drug-likeness (QED) is 0.823. The van der Waals surface area contributed by atoms with E-state index in [9.17, 15) is 4.79 Å². The molecule has 4 nitrogen and oxygen atoms in total. The first-order valence-electron chi connectivity index (χ1n) is 7.46. The zero-order chi connectivity index (χ0) is 13.9. The number of carbonyl (C=O) groups excluding carboxylic acids is 1. The molecule has 2 aliphatic rings. The normalized spacial score (nSPS) is 25.4. The van der Waals surface area contributed by atoms with E-state index in [2.05, 4.69) is 29.0 Å². The highest BCUT2D eigenvalue weighted by atomic mass is 16.2. The molecule has 2 saturated heterocycles. The Morgan fingerprint density at radius 1 is 1.10 bits per heavy atom. The zero-order valence-corrected chi connectivity index (χ0v) is 12.2. The molecule has 1 amide bonds. The largest absolute Gasteiger partial charge is 0.337 e. The Morgan fingerprint density at radius 3 is 2.50 bits per heavy atom. The van der Waals surface area contributed by atoms with Gasteiger partial charge in [0.2, 0.25) is 5.91 Å². The molecule has 1 unspecified atom stereocenters. The third kappa shape index (κ3) is 3.02. The first kappa shape index (κ1) is 13.6. The van der Waals surface area contributed by atoms with Gasteiger partial charge < -0.3 is 9.80 Å². The van der Waals surface area contributed by atoms with Crippen LogP contribution in [-0.4, -0.2) is 66.4 Å². The van der Waals surface area contributed by atoms with E-state index >= 15 is 0 Å². The zero-order valence-electron chi connectivity index (χ0n) is 12.2. The van der Waals surface area contributed by atoms with Crippen molar-refractivity contribution in [1.82, 2.24) is 14.7 Å². The monoisotopic (exact) mass is 273 g/mol. The molecule has 20 heavy (non-hydrogen) atoms. The number of nitrogens with zero attached hydrogens (tertiary/aromatic N) is 3. The Labute approximate surface area is 121 Å². The van der Waals surface area contributed by atoms with Crippen LogP contribution in [0.5, 0.6) is 0 Å². The lowest BCUT2D eigenvalue weighted by atomic mass is 10.2. The lowest BCUT2D eigenvalue weighted by Crippen LogP contribution is -2.49. The third-order valence-electron chi connectivity index (χ3n) is 4.46. The van der Waals surface area contributed by atoms with E-state index in [4.69, 9.17) is 0 Å². The fourth-order valence-electron chi connectivity index (χ4n) is 3.14. The second kappa shape index (κ2) is 5.94. The van der Waals surface area contributed by atoms with Gasteiger partial charge in [0.15, 0.2) is 0 Å². The molecule has 0 aromatic heterocycles. The van der Waals surface area contributed by atoms with Crippen molar-refractivity contribution in [3.63, 3.8) is 0 Å². The predicted molar refractivity (Wildman–Crippen MR) is 79.3 cm³/mol. The molecule has 0 saturated carbocycles. The summed E-state index contributed by atoms with van der Waals surface area (Å²) >= 11 is 0. The molecule has 2 heterocycles. The number of carbonyl (C=O) groups is 1. The van der Waals surface area contributed by atoms with Gasteiger partial charge >= 0.3 is 0 Å². The van der Waals surface area contributed by atoms with Crippen molar-refractivity contribution in [2.24, 2.45) is 0 Å². The van der Waals surface area contributed by atoms with Gasteiger partial charge in [0, 0.05) is 51.7 Å². The minimum atomic E-state index is 0.304. The van der Waals surface area contributed by atoms with E-state index in [0.29, 0.717) is 18.4 Å². The first-order valence-corrected chi connectivity index (χ1v) is 7.46. The maximum absolute atomic E-state index is 12.2. The number of piperazine rings is 1. The summed E-state index contributed by atoms with van der Waals surface area (Å²) in [6, 6.07) is 10.7. The lowest BCUT2D eigenvalue weighted by molar-refractivity contribution is -0.128. The Hall–Kier alpha value is -1.39. The summed E-state index contributed by atoms with van der Waals surface area (Å²) < 4.78 is 0. The molecule has 0 aliphatic carbocycles. The van der Waals surface area contributed by atoms with Crippen molar-refractivity contribution < 1.29 is 4.79 Å². The highest BCUT2D eigenvalue weighted by molar-refractivity contribution is 5.79. The maximum atomic E-state index is 12.2. The summed E-state index contributed by atoms with van der Waals surface area (Å²) in [6.45, 7) is 6.05. The van der Waals surface area contributed by atoms with Gasteiger partial charge in [0.1, 0.15) is 0 Å². The van der Waals surface area contributed by atoms with Gasteiger partial charge in [-0.05, 0) is 12.6 Å². The molecule has 0 N–H and O–H groups in total. The van der Waals surface area contributed by atoms with Crippen LogP contribution < -0.4 is 0 Å². The molecule has 0 radical (unpaired) electrons. The molecular weight excluding hydrogens is 250 g/mol. The average molecular weight is 273 g/mol. The highest BCUT2D eigenvalue weighted by Crippen LogP contribution is 2.20. The third-order valence-corrected chi connectivity index (χ3v) is 4.46. The van der Waals surface area contributed by atoms with Crippen molar-refractivity contribution in [1.29, 1.82) is 0 Å². The van der Waals surface area contributed by atoms with Gasteiger partial charge in [-0.1, -0.05) is 30.3 Å². The SMILES string of the molecule is CN1CCN(C2CC(=O)N(Cc3ccccc3)C2)CC1. The maximum Gasteiger partial charge on any atom is 0.224 e. The summed E-state index contributed by atoms with van der Waals surface area (Å²) in [5, 5.41) is 0.